The van der Waals surface area contributed by atoms with Gasteiger partial charge in [-0.3, -0.25) is 10.2 Å². The molecule has 0 atom stereocenters. The van der Waals surface area contributed by atoms with Crippen LogP contribution in [0.3, 0.4) is 0 Å². The monoisotopic (exact) mass is 278 g/mol. The van der Waals surface area contributed by atoms with Gasteiger partial charge in [0.1, 0.15) is 11.5 Å². The number of nitrogens with one attached hydrogen (secondary N) is 1. The lowest BCUT2D eigenvalue weighted by atomic mass is 10.1. The number of amides is 1. The zero-order valence-corrected chi connectivity index (χ0v) is 10.2. The number of carbonyl (C=O) groups excluding carboxylic acids is 1. The first-order valence-corrected chi connectivity index (χ1v) is 5.20. The minimum atomic E-state index is -4.75. The molecule has 0 saturated heterocycles. The predicted molar refractivity (Wildman–Crippen MR) is 60.2 cm³/mol. The summed E-state index contributed by atoms with van der Waals surface area (Å²) in [5.74, 6) is 4.25. The first-order valence-electron chi connectivity index (χ1n) is 5.20. The molecule has 0 bridgehead atoms. The van der Waals surface area contributed by atoms with Gasteiger partial charge in [0.25, 0.3) is 5.91 Å². The number of halogens is 3. The Kier molecular flexibility index (Phi) is 4.25. The molecule has 1 aromatic carbocycles. The summed E-state index contributed by atoms with van der Waals surface area (Å²) >= 11 is 0. The van der Waals surface area contributed by atoms with Gasteiger partial charge in [0.2, 0.25) is 0 Å². The molecule has 1 rings (SSSR count). The molecule has 19 heavy (non-hydrogen) atoms. The van der Waals surface area contributed by atoms with Crippen LogP contribution in [0, 0.1) is 0 Å². The van der Waals surface area contributed by atoms with E-state index in [0.717, 1.165) is 12.1 Å². The lowest BCUT2D eigenvalue weighted by molar-refractivity contribution is -0.274. The Balaban J connectivity index is 2.75. The molecule has 1 amide bonds. The molecule has 0 saturated carbocycles. The molecule has 0 fully saturated rings. The third-order valence-electron chi connectivity index (χ3n) is 2.11. The van der Waals surface area contributed by atoms with Gasteiger partial charge in [-0.15, -0.1) is 13.2 Å². The molecule has 8 heteroatoms. The fourth-order valence-corrected chi connectivity index (χ4v) is 1.22. The molecular formula is C11H13F3N2O3. The van der Waals surface area contributed by atoms with Crippen molar-refractivity contribution >= 4 is 5.91 Å². The maximum absolute atomic E-state index is 11.9. The van der Waals surface area contributed by atoms with Gasteiger partial charge in [0.05, 0.1) is 0 Å². The molecule has 0 radical (unpaired) electrons. The van der Waals surface area contributed by atoms with Gasteiger partial charge in [-0.1, -0.05) is 0 Å². The molecule has 5 nitrogen and oxygen atoms in total. The number of ether oxygens (including phenoxy) is 2. The number of carbonyl (C=O) groups is 1. The van der Waals surface area contributed by atoms with E-state index in [1.165, 1.54) is 26.0 Å². The van der Waals surface area contributed by atoms with E-state index in [2.05, 4.69) is 4.74 Å². The topological polar surface area (TPSA) is 73.6 Å². The average molecular weight is 278 g/mol. The molecular weight excluding hydrogens is 265 g/mol. The summed E-state index contributed by atoms with van der Waals surface area (Å²) in [6.45, 7) is 2.94. The van der Waals surface area contributed by atoms with E-state index in [1.807, 2.05) is 5.43 Å². The van der Waals surface area contributed by atoms with Crippen LogP contribution >= 0.6 is 0 Å². The summed E-state index contributed by atoms with van der Waals surface area (Å²) < 4.78 is 44.8. The Morgan fingerprint density at radius 2 is 1.53 bits per heavy atom. The highest BCUT2D eigenvalue weighted by atomic mass is 19.4. The summed E-state index contributed by atoms with van der Waals surface area (Å²) in [5.41, 5.74) is 0.682. The van der Waals surface area contributed by atoms with Gasteiger partial charge in [0, 0.05) is 0 Å². The number of hydrogen-bond acceptors (Lipinski definition) is 4. The molecule has 0 unspecified atom stereocenters. The van der Waals surface area contributed by atoms with Gasteiger partial charge < -0.3 is 9.47 Å². The molecule has 1 aromatic rings. The second-order valence-corrected chi connectivity index (χ2v) is 4.11. The van der Waals surface area contributed by atoms with E-state index >= 15 is 0 Å². The number of hydrogen-bond donors (Lipinski definition) is 2. The summed E-state index contributed by atoms with van der Waals surface area (Å²) in [5, 5.41) is 0. The fraction of sp³-hybridized carbons (Fsp3) is 0.364. The quantitative estimate of drug-likeness (QED) is 0.500. The summed E-state index contributed by atoms with van der Waals surface area (Å²) in [4.78, 5) is 11.4. The van der Waals surface area contributed by atoms with Crippen molar-refractivity contribution in [1.82, 2.24) is 5.43 Å². The number of alkyl halides is 3. The number of hydrazine groups is 1. The van der Waals surface area contributed by atoms with Crippen LogP contribution in [0.15, 0.2) is 24.3 Å². The second-order valence-electron chi connectivity index (χ2n) is 4.11. The van der Waals surface area contributed by atoms with E-state index in [1.54, 1.807) is 0 Å². The van der Waals surface area contributed by atoms with Crippen molar-refractivity contribution in [3.8, 4) is 11.5 Å². The van der Waals surface area contributed by atoms with Crippen LogP contribution in [-0.2, 0) is 4.79 Å². The third kappa shape index (κ3) is 4.66. The standard InChI is InChI=1S/C11H13F3N2O3/c1-10(2,9(17)16-15)18-7-3-5-8(6-4-7)19-11(12,13)14/h3-6H,15H2,1-2H3,(H,16,17). The highest BCUT2D eigenvalue weighted by Crippen LogP contribution is 2.26. The van der Waals surface area contributed by atoms with Crippen LogP contribution in [0.25, 0.3) is 0 Å². The van der Waals surface area contributed by atoms with E-state index in [9.17, 15) is 18.0 Å². The minimum Gasteiger partial charge on any atom is -0.478 e. The Labute approximate surface area is 107 Å². The maximum atomic E-state index is 11.9. The Morgan fingerprint density at radius 1 is 1.11 bits per heavy atom. The summed E-state index contributed by atoms with van der Waals surface area (Å²) in [6, 6.07) is 4.68. The number of rotatable bonds is 4. The van der Waals surface area contributed by atoms with Gasteiger partial charge >= 0.3 is 6.36 Å². The Morgan fingerprint density at radius 3 is 1.89 bits per heavy atom. The van der Waals surface area contributed by atoms with Crippen molar-refractivity contribution in [3.63, 3.8) is 0 Å². The van der Waals surface area contributed by atoms with Gasteiger partial charge in [-0.25, -0.2) is 5.84 Å². The molecule has 106 valence electrons. The van der Waals surface area contributed by atoms with E-state index < -0.39 is 17.9 Å². The van der Waals surface area contributed by atoms with E-state index in [0.29, 0.717) is 0 Å². The van der Waals surface area contributed by atoms with Crippen molar-refractivity contribution in [2.75, 3.05) is 0 Å². The van der Waals surface area contributed by atoms with Crippen LogP contribution in [0.2, 0.25) is 0 Å². The summed E-state index contributed by atoms with van der Waals surface area (Å²) in [6.07, 6.45) is -4.75. The third-order valence-corrected chi connectivity index (χ3v) is 2.11. The molecule has 0 heterocycles. The van der Waals surface area contributed by atoms with Gasteiger partial charge in [-0.05, 0) is 38.1 Å². The maximum Gasteiger partial charge on any atom is 0.573 e. The van der Waals surface area contributed by atoms with Crippen molar-refractivity contribution < 1.29 is 27.4 Å². The zero-order chi connectivity index (χ0) is 14.7. The lowest BCUT2D eigenvalue weighted by Crippen LogP contribution is -2.49. The van der Waals surface area contributed by atoms with E-state index in [-0.39, 0.29) is 11.5 Å². The minimum absolute atomic E-state index is 0.211. The van der Waals surface area contributed by atoms with Crippen molar-refractivity contribution in [1.29, 1.82) is 0 Å². The molecule has 0 aromatic heterocycles. The van der Waals surface area contributed by atoms with Gasteiger partial charge in [-0.2, -0.15) is 0 Å². The highest BCUT2D eigenvalue weighted by molar-refractivity contribution is 5.84. The first kappa shape index (κ1) is 15.1. The molecule has 0 spiro atoms. The summed E-state index contributed by atoms with van der Waals surface area (Å²) in [7, 11) is 0. The second kappa shape index (κ2) is 5.35. The average Bonchev–Trinajstić information content (AvgIpc) is 2.28. The van der Waals surface area contributed by atoms with Crippen molar-refractivity contribution in [2.24, 2.45) is 5.84 Å². The fourth-order valence-electron chi connectivity index (χ4n) is 1.22. The Bertz CT molecular complexity index is 443. The largest absolute Gasteiger partial charge is 0.573 e. The van der Waals surface area contributed by atoms with Crippen LogP contribution in [0.1, 0.15) is 13.8 Å². The van der Waals surface area contributed by atoms with Crippen LogP contribution < -0.4 is 20.7 Å². The molecule has 0 aliphatic rings. The highest BCUT2D eigenvalue weighted by Gasteiger charge is 2.31. The first-order chi connectivity index (χ1) is 8.64. The molecule has 3 N–H and O–H groups in total. The smallest absolute Gasteiger partial charge is 0.478 e. The van der Waals surface area contributed by atoms with Crippen LogP contribution in [0.5, 0.6) is 11.5 Å². The molecule has 0 aliphatic carbocycles. The normalized spacial score (nSPS) is 11.9. The van der Waals surface area contributed by atoms with Crippen LogP contribution in [-0.4, -0.2) is 17.9 Å². The van der Waals surface area contributed by atoms with E-state index in [4.69, 9.17) is 10.6 Å². The zero-order valence-electron chi connectivity index (χ0n) is 10.2. The predicted octanol–water partition coefficient (Wildman–Crippen LogP) is 1.73. The number of nitrogens with two attached hydrogens (primary N) is 1. The van der Waals surface area contributed by atoms with Crippen molar-refractivity contribution in [3.05, 3.63) is 24.3 Å². The SMILES string of the molecule is CC(C)(Oc1ccc(OC(F)(F)F)cc1)C(=O)NN. The van der Waals surface area contributed by atoms with Crippen molar-refractivity contribution in [2.45, 2.75) is 25.8 Å². The van der Waals surface area contributed by atoms with Crippen LogP contribution in [0.4, 0.5) is 13.2 Å². The number of benzene rings is 1. The molecule has 0 aliphatic heterocycles. The lowest BCUT2D eigenvalue weighted by Gasteiger charge is -2.24. The Hall–Kier alpha value is -1.96. The van der Waals surface area contributed by atoms with Gasteiger partial charge in [0.15, 0.2) is 5.60 Å².